The highest BCUT2D eigenvalue weighted by Crippen LogP contribution is 1.91. The number of carbonyl (C=O) groups excluding carboxylic acids is 1. The second kappa shape index (κ2) is 6.55. The summed E-state index contributed by atoms with van der Waals surface area (Å²) in [7, 11) is 0. The molecule has 0 aliphatic carbocycles. The van der Waals surface area contributed by atoms with Crippen molar-refractivity contribution in [3.8, 4) is 0 Å². The summed E-state index contributed by atoms with van der Waals surface area (Å²) in [6.07, 6.45) is 1.87. The van der Waals surface area contributed by atoms with E-state index in [9.17, 15) is 4.79 Å². The Hall–Kier alpha value is -0.570. The van der Waals surface area contributed by atoms with E-state index in [1.54, 1.807) is 0 Å². The molecule has 0 saturated heterocycles. The Bertz CT molecular complexity index is 83.6. The minimum Gasteiger partial charge on any atom is -0.466 e. The molecule has 0 unspecified atom stereocenters. The first kappa shape index (κ1) is 9.43. The lowest BCUT2D eigenvalue weighted by molar-refractivity contribution is -0.143. The Labute approximate surface area is 61.5 Å². The van der Waals surface area contributed by atoms with Gasteiger partial charge in [-0.25, -0.2) is 0 Å². The maximum absolute atomic E-state index is 10.7. The summed E-state index contributed by atoms with van der Waals surface area (Å²) < 4.78 is 4.77. The number of esters is 1. The van der Waals surface area contributed by atoms with E-state index in [0.29, 0.717) is 26.0 Å². The van der Waals surface area contributed by atoms with Crippen molar-refractivity contribution in [2.45, 2.75) is 26.2 Å². The lowest BCUT2D eigenvalue weighted by Gasteiger charge is -2.00. The molecular formula is C7H14NO2. The fourth-order valence-electron chi connectivity index (χ4n) is 0.521. The topological polar surface area (TPSA) is 50.1 Å². The molecule has 1 radical (unpaired) electrons. The fraction of sp³-hybridized carbons (Fsp3) is 0.857. The highest BCUT2D eigenvalue weighted by atomic mass is 16.5. The SMILES string of the molecule is CCCOC(=O)CCC[NH]. The van der Waals surface area contributed by atoms with Gasteiger partial charge >= 0.3 is 5.97 Å². The molecular weight excluding hydrogens is 130 g/mol. The molecule has 0 heterocycles. The molecule has 0 amide bonds. The van der Waals surface area contributed by atoms with Crippen molar-refractivity contribution in [1.82, 2.24) is 5.73 Å². The number of hydrogen-bond acceptors (Lipinski definition) is 2. The molecule has 0 aliphatic heterocycles. The van der Waals surface area contributed by atoms with Crippen LogP contribution in [0.5, 0.6) is 0 Å². The van der Waals surface area contributed by atoms with E-state index in [1.807, 2.05) is 6.92 Å². The highest BCUT2D eigenvalue weighted by molar-refractivity contribution is 5.69. The van der Waals surface area contributed by atoms with E-state index >= 15 is 0 Å². The second-order valence-electron chi connectivity index (χ2n) is 2.07. The predicted molar refractivity (Wildman–Crippen MR) is 38.4 cm³/mol. The van der Waals surface area contributed by atoms with Gasteiger partial charge in [0.15, 0.2) is 0 Å². The summed E-state index contributed by atoms with van der Waals surface area (Å²) in [6.45, 7) is 2.77. The van der Waals surface area contributed by atoms with Gasteiger partial charge in [0, 0.05) is 13.0 Å². The van der Waals surface area contributed by atoms with Crippen molar-refractivity contribution in [2.75, 3.05) is 13.2 Å². The third kappa shape index (κ3) is 5.56. The third-order valence-corrected chi connectivity index (χ3v) is 1.02. The second-order valence-corrected chi connectivity index (χ2v) is 2.07. The van der Waals surface area contributed by atoms with Crippen LogP contribution < -0.4 is 5.73 Å². The highest BCUT2D eigenvalue weighted by Gasteiger charge is 1.98. The molecule has 59 valence electrons. The fourth-order valence-corrected chi connectivity index (χ4v) is 0.521. The van der Waals surface area contributed by atoms with Gasteiger partial charge in [-0.3, -0.25) is 10.5 Å². The summed E-state index contributed by atoms with van der Waals surface area (Å²) in [5.41, 5.74) is 6.77. The van der Waals surface area contributed by atoms with Crippen molar-refractivity contribution >= 4 is 5.97 Å². The Morgan fingerprint density at radius 2 is 2.30 bits per heavy atom. The molecule has 0 aromatic carbocycles. The van der Waals surface area contributed by atoms with Crippen LogP contribution in [0.25, 0.3) is 0 Å². The van der Waals surface area contributed by atoms with Crippen molar-refractivity contribution in [1.29, 1.82) is 0 Å². The van der Waals surface area contributed by atoms with Crippen LogP contribution in [-0.2, 0) is 9.53 Å². The lowest BCUT2D eigenvalue weighted by atomic mass is 10.3. The van der Waals surface area contributed by atoms with E-state index < -0.39 is 0 Å². The zero-order valence-corrected chi connectivity index (χ0v) is 6.35. The van der Waals surface area contributed by atoms with E-state index in [0.717, 1.165) is 6.42 Å². The van der Waals surface area contributed by atoms with Crippen molar-refractivity contribution in [2.24, 2.45) is 0 Å². The molecule has 0 aliphatic rings. The minimum absolute atomic E-state index is 0.172. The zero-order chi connectivity index (χ0) is 7.82. The standard InChI is InChI=1S/C7H14NO2/c1-2-6-10-7(9)4-3-5-8/h8H,2-6H2,1H3. The summed E-state index contributed by atoms with van der Waals surface area (Å²) in [6, 6.07) is 0. The first-order valence-corrected chi connectivity index (χ1v) is 3.61. The lowest BCUT2D eigenvalue weighted by Crippen LogP contribution is -2.05. The molecule has 0 atom stereocenters. The van der Waals surface area contributed by atoms with Crippen molar-refractivity contribution in [3.63, 3.8) is 0 Å². The molecule has 0 saturated carbocycles. The average Bonchev–Trinajstić information content (AvgIpc) is 1.97. The van der Waals surface area contributed by atoms with Gasteiger partial charge in [-0.1, -0.05) is 6.92 Å². The number of ether oxygens (including phenoxy) is 1. The maximum Gasteiger partial charge on any atom is 0.305 e. The Balaban J connectivity index is 3.09. The van der Waals surface area contributed by atoms with Crippen LogP contribution in [-0.4, -0.2) is 19.1 Å². The van der Waals surface area contributed by atoms with Gasteiger partial charge in [0.2, 0.25) is 0 Å². The number of rotatable bonds is 5. The van der Waals surface area contributed by atoms with E-state index in [4.69, 9.17) is 10.5 Å². The van der Waals surface area contributed by atoms with Crippen LogP contribution in [0, 0.1) is 0 Å². The van der Waals surface area contributed by atoms with Crippen LogP contribution in [0.1, 0.15) is 26.2 Å². The van der Waals surface area contributed by atoms with E-state index in [1.165, 1.54) is 0 Å². The summed E-state index contributed by atoms with van der Waals surface area (Å²) in [4.78, 5) is 10.7. The molecule has 0 spiro atoms. The molecule has 0 fully saturated rings. The van der Waals surface area contributed by atoms with Crippen LogP contribution in [0.2, 0.25) is 0 Å². The molecule has 0 aromatic heterocycles. The molecule has 0 bridgehead atoms. The van der Waals surface area contributed by atoms with Crippen LogP contribution in [0.3, 0.4) is 0 Å². The number of hydrogen-bond donors (Lipinski definition) is 0. The summed E-state index contributed by atoms with van der Waals surface area (Å²) in [5, 5.41) is 0. The van der Waals surface area contributed by atoms with Gasteiger partial charge < -0.3 is 4.74 Å². The van der Waals surface area contributed by atoms with Gasteiger partial charge in [-0.15, -0.1) is 0 Å². The van der Waals surface area contributed by atoms with Gasteiger partial charge in [-0.05, 0) is 12.8 Å². The molecule has 1 N–H and O–H groups in total. The van der Waals surface area contributed by atoms with Crippen LogP contribution in [0.4, 0.5) is 0 Å². The zero-order valence-electron chi connectivity index (χ0n) is 6.35. The minimum atomic E-state index is -0.172. The predicted octanol–water partition coefficient (Wildman–Crippen LogP) is 1.00. The smallest absolute Gasteiger partial charge is 0.305 e. The summed E-state index contributed by atoms with van der Waals surface area (Å²) >= 11 is 0. The first-order valence-electron chi connectivity index (χ1n) is 3.61. The number of carbonyl (C=O) groups is 1. The van der Waals surface area contributed by atoms with Gasteiger partial charge in [0.1, 0.15) is 0 Å². The Kier molecular flexibility index (Phi) is 6.18. The van der Waals surface area contributed by atoms with E-state index in [2.05, 4.69) is 0 Å². The largest absolute Gasteiger partial charge is 0.466 e. The summed E-state index contributed by atoms with van der Waals surface area (Å²) in [5.74, 6) is -0.172. The Morgan fingerprint density at radius 3 is 2.80 bits per heavy atom. The van der Waals surface area contributed by atoms with Crippen LogP contribution >= 0.6 is 0 Å². The molecule has 3 heteroatoms. The monoisotopic (exact) mass is 144 g/mol. The molecule has 10 heavy (non-hydrogen) atoms. The van der Waals surface area contributed by atoms with Crippen molar-refractivity contribution < 1.29 is 9.53 Å². The van der Waals surface area contributed by atoms with Crippen molar-refractivity contribution in [3.05, 3.63) is 0 Å². The van der Waals surface area contributed by atoms with Crippen LogP contribution in [0.15, 0.2) is 0 Å². The average molecular weight is 144 g/mol. The van der Waals surface area contributed by atoms with Gasteiger partial charge in [0.25, 0.3) is 0 Å². The maximum atomic E-state index is 10.7. The van der Waals surface area contributed by atoms with Gasteiger partial charge in [0.05, 0.1) is 6.61 Å². The van der Waals surface area contributed by atoms with Gasteiger partial charge in [-0.2, -0.15) is 0 Å². The number of nitrogens with one attached hydrogen (secondary N) is 1. The molecule has 0 aromatic rings. The quantitative estimate of drug-likeness (QED) is 0.540. The Morgan fingerprint density at radius 1 is 1.60 bits per heavy atom. The van der Waals surface area contributed by atoms with E-state index in [-0.39, 0.29) is 5.97 Å². The first-order chi connectivity index (χ1) is 4.81. The third-order valence-electron chi connectivity index (χ3n) is 1.02. The normalized spacial score (nSPS) is 9.40. The molecule has 0 rings (SSSR count). The molecule has 3 nitrogen and oxygen atoms in total.